The van der Waals surface area contributed by atoms with Gasteiger partial charge in [-0.1, -0.05) is 19.1 Å². The first-order valence-electron chi connectivity index (χ1n) is 4.52. The average molecular weight is 194 g/mol. The van der Waals surface area contributed by atoms with Crippen LogP contribution < -0.4 is 0 Å². The Morgan fingerprint density at radius 3 is 2.86 bits per heavy atom. The first-order chi connectivity index (χ1) is 6.60. The quantitative estimate of drug-likeness (QED) is 0.639. The van der Waals surface area contributed by atoms with Crippen molar-refractivity contribution in [1.82, 2.24) is 0 Å². The lowest BCUT2D eigenvalue weighted by Gasteiger charge is -2.20. The number of carbonyl (C=O) groups is 1. The van der Waals surface area contributed by atoms with Gasteiger partial charge in [-0.3, -0.25) is 4.79 Å². The van der Waals surface area contributed by atoms with Crippen LogP contribution >= 0.6 is 0 Å². The maximum absolute atomic E-state index is 13.0. The van der Waals surface area contributed by atoms with Gasteiger partial charge in [-0.2, -0.15) is 0 Å². The smallest absolute Gasteiger partial charge is 0.306 e. The van der Waals surface area contributed by atoms with Crippen LogP contribution in [0.15, 0.2) is 24.3 Å². The summed E-state index contributed by atoms with van der Waals surface area (Å²) in [4.78, 5) is 11.0. The van der Waals surface area contributed by atoms with Crippen molar-refractivity contribution in [2.24, 2.45) is 0 Å². The fraction of sp³-hybridized carbons (Fsp3) is 0.364. The van der Waals surface area contributed by atoms with Crippen molar-refractivity contribution >= 4 is 5.97 Å². The largest absolute Gasteiger partial charge is 0.465 e. The molecular formula is C11H11FO2. The number of esters is 1. The number of benzene rings is 1. The Labute approximate surface area is 81.7 Å². The van der Waals surface area contributed by atoms with Crippen molar-refractivity contribution in [2.75, 3.05) is 6.61 Å². The Morgan fingerprint density at radius 1 is 1.50 bits per heavy atom. The van der Waals surface area contributed by atoms with Crippen molar-refractivity contribution in [3.8, 4) is 0 Å². The van der Waals surface area contributed by atoms with Crippen LogP contribution in [0.4, 0.5) is 4.39 Å². The van der Waals surface area contributed by atoms with Crippen molar-refractivity contribution in [1.29, 1.82) is 0 Å². The van der Waals surface area contributed by atoms with Gasteiger partial charge in [0.1, 0.15) is 12.4 Å². The lowest BCUT2D eigenvalue weighted by molar-refractivity contribution is -0.137. The minimum absolute atomic E-state index is 0.211. The van der Waals surface area contributed by atoms with Gasteiger partial charge in [0.2, 0.25) is 0 Å². The molecule has 1 atom stereocenters. The zero-order valence-corrected chi connectivity index (χ0v) is 7.92. The molecule has 3 heteroatoms. The van der Waals surface area contributed by atoms with Gasteiger partial charge in [0.15, 0.2) is 0 Å². The first kappa shape index (κ1) is 9.19. The minimum Gasteiger partial charge on any atom is -0.465 e. The summed E-state index contributed by atoms with van der Waals surface area (Å²) in [6.45, 7) is 2.25. The Balaban J connectivity index is 2.34. The number of carbonyl (C=O) groups excluding carboxylic acids is 1. The highest BCUT2D eigenvalue weighted by molar-refractivity contribution is 5.74. The second-order valence-electron chi connectivity index (χ2n) is 3.91. The van der Waals surface area contributed by atoms with Crippen LogP contribution in [0.2, 0.25) is 0 Å². The van der Waals surface area contributed by atoms with E-state index in [4.69, 9.17) is 4.74 Å². The van der Waals surface area contributed by atoms with Gasteiger partial charge in [-0.15, -0.1) is 0 Å². The molecule has 0 aromatic heterocycles. The van der Waals surface area contributed by atoms with Crippen LogP contribution in [0.1, 0.15) is 18.9 Å². The number of hydrogen-bond acceptors (Lipinski definition) is 2. The number of rotatable bonds is 1. The molecule has 74 valence electrons. The molecule has 2 nitrogen and oxygen atoms in total. The maximum Gasteiger partial charge on any atom is 0.306 e. The summed E-state index contributed by atoms with van der Waals surface area (Å²) >= 11 is 0. The first-order valence-corrected chi connectivity index (χ1v) is 4.52. The number of cyclic esters (lactones) is 1. The van der Waals surface area contributed by atoms with Gasteiger partial charge in [0, 0.05) is 5.41 Å². The van der Waals surface area contributed by atoms with Crippen molar-refractivity contribution in [3.63, 3.8) is 0 Å². The van der Waals surface area contributed by atoms with Gasteiger partial charge >= 0.3 is 5.97 Å². The molecule has 1 aromatic rings. The molecule has 1 fully saturated rings. The second-order valence-corrected chi connectivity index (χ2v) is 3.91. The van der Waals surface area contributed by atoms with Crippen molar-refractivity contribution in [3.05, 3.63) is 35.6 Å². The molecule has 2 rings (SSSR count). The summed E-state index contributed by atoms with van der Waals surface area (Å²) in [5.41, 5.74) is 0.461. The highest BCUT2D eigenvalue weighted by Crippen LogP contribution is 2.33. The zero-order chi connectivity index (χ0) is 10.2. The molecule has 1 saturated heterocycles. The van der Waals surface area contributed by atoms with E-state index in [1.165, 1.54) is 12.1 Å². The zero-order valence-electron chi connectivity index (χ0n) is 7.92. The third-order valence-electron chi connectivity index (χ3n) is 2.61. The summed E-state index contributed by atoms with van der Waals surface area (Å²) < 4.78 is 17.9. The molecule has 1 aliphatic rings. The monoisotopic (exact) mass is 194 g/mol. The predicted molar refractivity (Wildman–Crippen MR) is 49.3 cm³/mol. The van der Waals surface area contributed by atoms with Crippen LogP contribution in [0.25, 0.3) is 0 Å². The van der Waals surface area contributed by atoms with Crippen LogP contribution in [0.5, 0.6) is 0 Å². The second kappa shape index (κ2) is 3.08. The van der Waals surface area contributed by atoms with E-state index < -0.39 is 0 Å². The fourth-order valence-corrected chi connectivity index (χ4v) is 1.71. The van der Waals surface area contributed by atoms with Crippen LogP contribution in [-0.4, -0.2) is 12.6 Å². The molecule has 0 aliphatic carbocycles. The molecule has 0 amide bonds. The van der Waals surface area contributed by atoms with E-state index in [9.17, 15) is 9.18 Å². The SMILES string of the molecule is CC1(c2cccc(F)c2)COC(=O)C1. The Hall–Kier alpha value is -1.38. The molecule has 0 N–H and O–H groups in total. The van der Waals surface area contributed by atoms with Gasteiger partial charge in [0.25, 0.3) is 0 Å². The van der Waals surface area contributed by atoms with E-state index in [-0.39, 0.29) is 17.2 Å². The molecular weight excluding hydrogens is 183 g/mol. The standard InChI is InChI=1S/C11H11FO2/c1-11(6-10(13)14-7-11)8-3-2-4-9(12)5-8/h2-5H,6-7H2,1H3. The topological polar surface area (TPSA) is 26.3 Å². The predicted octanol–water partition coefficient (Wildman–Crippen LogP) is 2.03. The third-order valence-corrected chi connectivity index (χ3v) is 2.61. The highest BCUT2D eigenvalue weighted by atomic mass is 19.1. The normalized spacial score (nSPS) is 26.3. The molecule has 1 aliphatic heterocycles. The van der Waals surface area contributed by atoms with Gasteiger partial charge in [-0.05, 0) is 17.7 Å². The summed E-state index contributed by atoms with van der Waals surface area (Å²) in [6, 6.07) is 6.33. The molecule has 1 heterocycles. The molecule has 0 radical (unpaired) electrons. The van der Waals surface area contributed by atoms with E-state index in [0.29, 0.717) is 13.0 Å². The van der Waals surface area contributed by atoms with Gasteiger partial charge < -0.3 is 4.74 Å². The number of ether oxygens (including phenoxy) is 1. The molecule has 0 bridgehead atoms. The Bertz CT molecular complexity index is 375. The Kier molecular flexibility index (Phi) is 2.02. The van der Waals surface area contributed by atoms with Crippen LogP contribution in [0.3, 0.4) is 0 Å². The molecule has 14 heavy (non-hydrogen) atoms. The molecule has 1 aromatic carbocycles. The van der Waals surface area contributed by atoms with Gasteiger partial charge in [-0.25, -0.2) is 4.39 Å². The number of hydrogen-bond donors (Lipinski definition) is 0. The van der Waals surface area contributed by atoms with Crippen LogP contribution in [0, 0.1) is 5.82 Å². The van der Waals surface area contributed by atoms with Crippen molar-refractivity contribution < 1.29 is 13.9 Å². The molecule has 1 unspecified atom stereocenters. The van der Waals surface area contributed by atoms with Crippen molar-refractivity contribution in [2.45, 2.75) is 18.8 Å². The minimum atomic E-state index is -0.362. The average Bonchev–Trinajstić information content (AvgIpc) is 2.48. The lowest BCUT2D eigenvalue weighted by Crippen LogP contribution is -2.21. The van der Waals surface area contributed by atoms with E-state index in [1.54, 1.807) is 6.07 Å². The van der Waals surface area contributed by atoms with Crippen LogP contribution in [-0.2, 0) is 14.9 Å². The lowest BCUT2D eigenvalue weighted by atomic mass is 9.82. The molecule has 0 spiro atoms. The Morgan fingerprint density at radius 2 is 2.29 bits per heavy atom. The van der Waals surface area contributed by atoms with E-state index in [2.05, 4.69) is 0 Å². The van der Waals surface area contributed by atoms with Gasteiger partial charge in [0.05, 0.1) is 6.42 Å². The fourth-order valence-electron chi connectivity index (χ4n) is 1.71. The van der Waals surface area contributed by atoms with E-state index >= 15 is 0 Å². The molecule has 0 saturated carbocycles. The summed E-state index contributed by atoms with van der Waals surface area (Å²) in [6.07, 6.45) is 0.330. The van der Waals surface area contributed by atoms with E-state index in [0.717, 1.165) is 5.56 Å². The maximum atomic E-state index is 13.0. The highest BCUT2D eigenvalue weighted by Gasteiger charge is 2.37. The summed E-state index contributed by atoms with van der Waals surface area (Å²) in [5, 5.41) is 0. The third kappa shape index (κ3) is 1.50. The van der Waals surface area contributed by atoms with E-state index in [1.807, 2.05) is 13.0 Å². The number of halogens is 1. The summed E-state index contributed by atoms with van der Waals surface area (Å²) in [7, 11) is 0. The summed E-state index contributed by atoms with van der Waals surface area (Å²) in [5.74, 6) is -0.486.